The lowest BCUT2D eigenvalue weighted by molar-refractivity contribution is -0.129. The van der Waals surface area contributed by atoms with Crippen molar-refractivity contribution in [2.24, 2.45) is 0 Å². The van der Waals surface area contributed by atoms with Crippen molar-refractivity contribution >= 4 is 15.9 Å². The molecule has 5 nitrogen and oxygen atoms in total. The second-order valence-corrected chi connectivity index (χ2v) is 7.98. The number of hydrogen-bond acceptors (Lipinski definition) is 3. The predicted octanol–water partition coefficient (Wildman–Crippen LogP) is 1.67. The van der Waals surface area contributed by atoms with E-state index in [4.69, 9.17) is 0 Å². The quantitative estimate of drug-likeness (QED) is 0.793. The molecule has 0 unspecified atom stereocenters. The first-order chi connectivity index (χ1) is 10.9. The Kier molecular flexibility index (Phi) is 5.81. The highest BCUT2D eigenvalue weighted by atomic mass is 32.2. The molecule has 23 heavy (non-hydrogen) atoms. The van der Waals surface area contributed by atoms with Crippen molar-refractivity contribution in [3.8, 4) is 0 Å². The Balaban J connectivity index is 2.04. The van der Waals surface area contributed by atoms with Crippen LogP contribution >= 0.6 is 0 Å². The van der Waals surface area contributed by atoms with Gasteiger partial charge in [-0.1, -0.05) is 38.1 Å². The maximum atomic E-state index is 12.4. The average Bonchev–Trinajstić information content (AvgIpc) is 2.54. The number of aryl methyl sites for hydroxylation is 1. The van der Waals surface area contributed by atoms with Gasteiger partial charge in [-0.2, -0.15) is 0 Å². The molecule has 128 valence electrons. The number of carbonyl (C=O) groups is 1. The zero-order chi connectivity index (χ0) is 17.0. The minimum atomic E-state index is -3.52. The van der Waals surface area contributed by atoms with E-state index in [1.54, 1.807) is 25.8 Å². The van der Waals surface area contributed by atoms with Gasteiger partial charge < -0.3 is 4.90 Å². The van der Waals surface area contributed by atoms with E-state index in [1.807, 2.05) is 12.1 Å². The summed E-state index contributed by atoms with van der Waals surface area (Å²) in [6, 6.07) is 8.33. The topological polar surface area (TPSA) is 57.7 Å². The van der Waals surface area contributed by atoms with Crippen molar-refractivity contribution < 1.29 is 13.2 Å². The third-order valence-corrected chi connectivity index (χ3v) is 6.58. The lowest BCUT2D eigenvalue weighted by atomic mass is 9.88. The average molecular weight is 338 g/mol. The minimum Gasteiger partial charge on any atom is -0.342 e. The normalized spacial score (nSPS) is 17.8. The molecule has 0 heterocycles. The number of rotatable bonds is 6. The molecular weight excluding hydrogens is 312 g/mol. The number of likely N-dealkylation sites (N-methyl/N-ethyl adjacent to an activating group) is 1. The van der Waals surface area contributed by atoms with E-state index in [0.717, 1.165) is 19.3 Å². The summed E-state index contributed by atoms with van der Waals surface area (Å²) in [5.41, 5.74) is 2.59. The third kappa shape index (κ3) is 4.12. The first-order valence-corrected chi connectivity index (χ1v) is 9.80. The predicted molar refractivity (Wildman–Crippen MR) is 91.7 cm³/mol. The SMILES string of the molecule is CCN(CC)S(=O)(=O)CC(=O)N(C)[C@@H]1CCc2ccccc2C1. The molecule has 0 bridgehead atoms. The molecule has 1 aliphatic carbocycles. The fourth-order valence-corrected chi connectivity index (χ4v) is 4.66. The first-order valence-electron chi connectivity index (χ1n) is 8.19. The van der Waals surface area contributed by atoms with Crippen LogP contribution in [0, 0.1) is 0 Å². The van der Waals surface area contributed by atoms with Gasteiger partial charge in [0.05, 0.1) is 0 Å². The molecule has 1 aromatic rings. The van der Waals surface area contributed by atoms with Gasteiger partial charge in [-0.25, -0.2) is 12.7 Å². The zero-order valence-corrected chi connectivity index (χ0v) is 15.0. The van der Waals surface area contributed by atoms with E-state index in [9.17, 15) is 13.2 Å². The Hall–Kier alpha value is -1.40. The van der Waals surface area contributed by atoms with Gasteiger partial charge in [0.2, 0.25) is 15.9 Å². The number of fused-ring (bicyclic) bond motifs is 1. The van der Waals surface area contributed by atoms with Crippen molar-refractivity contribution in [1.82, 2.24) is 9.21 Å². The molecule has 1 amide bonds. The number of nitrogens with zero attached hydrogens (tertiary/aromatic N) is 2. The largest absolute Gasteiger partial charge is 0.342 e. The van der Waals surface area contributed by atoms with E-state index in [1.165, 1.54) is 15.4 Å². The van der Waals surface area contributed by atoms with Crippen LogP contribution in [0.3, 0.4) is 0 Å². The fraction of sp³-hybridized carbons (Fsp3) is 0.588. The molecule has 2 rings (SSSR count). The van der Waals surface area contributed by atoms with E-state index in [-0.39, 0.29) is 11.9 Å². The zero-order valence-electron chi connectivity index (χ0n) is 14.2. The van der Waals surface area contributed by atoms with Crippen LogP contribution in [-0.2, 0) is 27.7 Å². The molecule has 0 saturated carbocycles. The van der Waals surface area contributed by atoms with Gasteiger partial charge in [0, 0.05) is 26.2 Å². The Morgan fingerprint density at radius 3 is 2.39 bits per heavy atom. The highest BCUT2D eigenvalue weighted by Gasteiger charge is 2.29. The van der Waals surface area contributed by atoms with E-state index >= 15 is 0 Å². The summed E-state index contributed by atoms with van der Waals surface area (Å²) in [6.07, 6.45) is 2.61. The Morgan fingerprint density at radius 2 is 1.78 bits per heavy atom. The van der Waals surface area contributed by atoms with Crippen LogP contribution in [0.25, 0.3) is 0 Å². The summed E-state index contributed by atoms with van der Waals surface area (Å²) in [5, 5.41) is 0. The van der Waals surface area contributed by atoms with Crippen LogP contribution in [0.2, 0.25) is 0 Å². The number of hydrogen-bond donors (Lipinski definition) is 0. The molecule has 1 atom stereocenters. The molecule has 1 aromatic carbocycles. The molecule has 0 saturated heterocycles. The van der Waals surface area contributed by atoms with Gasteiger partial charge in [0.1, 0.15) is 5.75 Å². The summed E-state index contributed by atoms with van der Waals surface area (Å²) in [5.74, 6) is -0.759. The molecule has 0 radical (unpaired) electrons. The van der Waals surface area contributed by atoms with Crippen molar-refractivity contribution in [2.75, 3.05) is 25.9 Å². The van der Waals surface area contributed by atoms with Crippen LogP contribution in [-0.4, -0.2) is 55.5 Å². The minimum absolute atomic E-state index is 0.0734. The standard InChI is InChI=1S/C17H26N2O3S/c1-4-19(5-2)23(21,22)13-17(20)18(3)16-11-10-14-8-6-7-9-15(14)12-16/h6-9,16H,4-5,10-13H2,1-3H3/t16-/m1/s1. The van der Waals surface area contributed by atoms with Gasteiger partial charge in [-0.05, 0) is 30.4 Å². The van der Waals surface area contributed by atoms with Gasteiger partial charge in [0.15, 0.2) is 0 Å². The highest BCUT2D eigenvalue weighted by Crippen LogP contribution is 2.24. The van der Waals surface area contributed by atoms with Gasteiger partial charge >= 0.3 is 0 Å². The number of benzene rings is 1. The summed E-state index contributed by atoms with van der Waals surface area (Å²) < 4.78 is 25.9. The molecule has 1 aliphatic rings. The summed E-state index contributed by atoms with van der Waals surface area (Å²) in [6.45, 7) is 4.36. The van der Waals surface area contributed by atoms with Crippen LogP contribution in [0.15, 0.2) is 24.3 Å². The van der Waals surface area contributed by atoms with Crippen molar-refractivity contribution in [3.63, 3.8) is 0 Å². The maximum Gasteiger partial charge on any atom is 0.239 e. The second kappa shape index (κ2) is 7.45. The molecular formula is C17H26N2O3S. The van der Waals surface area contributed by atoms with E-state index in [0.29, 0.717) is 13.1 Å². The smallest absolute Gasteiger partial charge is 0.239 e. The van der Waals surface area contributed by atoms with Gasteiger partial charge in [-0.3, -0.25) is 4.79 Å². The van der Waals surface area contributed by atoms with Crippen LogP contribution < -0.4 is 0 Å². The maximum absolute atomic E-state index is 12.4. The summed E-state index contributed by atoms with van der Waals surface area (Å²) >= 11 is 0. The molecule has 0 spiro atoms. The molecule has 0 fully saturated rings. The molecule has 0 aromatic heterocycles. The molecule has 0 N–H and O–H groups in total. The van der Waals surface area contributed by atoms with Crippen molar-refractivity contribution in [2.45, 2.75) is 39.2 Å². The number of carbonyl (C=O) groups excluding carboxylic acids is 1. The summed E-state index contributed by atoms with van der Waals surface area (Å²) in [4.78, 5) is 14.0. The molecule has 6 heteroatoms. The fourth-order valence-electron chi connectivity index (χ4n) is 3.18. The Morgan fingerprint density at radius 1 is 1.17 bits per heavy atom. The van der Waals surface area contributed by atoms with E-state index < -0.39 is 15.8 Å². The molecule has 0 aliphatic heterocycles. The van der Waals surface area contributed by atoms with Crippen molar-refractivity contribution in [3.05, 3.63) is 35.4 Å². The second-order valence-electron chi connectivity index (χ2n) is 6.01. The Labute approximate surface area is 139 Å². The van der Waals surface area contributed by atoms with Crippen molar-refractivity contribution in [1.29, 1.82) is 0 Å². The number of sulfonamides is 1. The monoisotopic (exact) mass is 338 g/mol. The van der Waals surface area contributed by atoms with Gasteiger partial charge in [0.25, 0.3) is 0 Å². The lowest BCUT2D eigenvalue weighted by Crippen LogP contribution is -2.45. The Bertz CT molecular complexity index is 654. The summed E-state index contributed by atoms with van der Waals surface area (Å²) in [7, 11) is -1.80. The van der Waals surface area contributed by atoms with E-state index in [2.05, 4.69) is 12.1 Å². The number of amides is 1. The van der Waals surface area contributed by atoms with Crippen LogP contribution in [0.1, 0.15) is 31.4 Å². The third-order valence-electron chi connectivity index (χ3n) is 4.67. The highest BCUT2D eigenvalue weighted by molar-refractivity contribution is 7.89. The van der Waals surface area contributed by atoms with Crippen LogP contribution in [0.4, 0.5) is 0 Å². The van der Waals surface area contributed by atoms with Crippen LogP contribution in [0.5, 0.6) is 0 Å². The first kappa shape index (κ1) is 17.9. The van der Waals surface area contributed by atoms with Gasteiger partial charge in [-0.15, -0.1) is 0 Å². The lowest BCUT2D eigenvalue weighted by Gasteiger charge is -2.33.